The van der Waals surface area contributed by atoms with E-state index in [4.69, 9.17) is 5.41 Å². The molecule has 2 aliphatic rings. The Balaban J connectivity index is 2.31. The van der Waals surface area contributed by atoms with Gasteiger partial charge in [-0.1, -0.05) is 25.1 Å². The van der Waals surface area contributed by atoms with Crippen molar-refractivity contribution < 1.29 is 14.4 Å². The molecule has 1 aromatic rings. The number of nitrogens with zero attached hydrogens (tertiary/aromatic N) is 1. The van der Waals surface area contributed by atoms with Gasteiger partial charge in [0.05, 0.1) is 16.2 Å². The first-order chi connectivity index (χ1) is 10.5. The van der Waals surface area contributed by atoms with Crippen LogP contribution >= 0.6 is 11.8 Å². The molecule has 22 heavy (non-hydrogen) atoms. The van der Waals surface area contributed by atoms with Gasteiger partial charge in [0, 0.05) is 12.5 Å². The third-order valence-corrected chi connectivity index (χ3v) is 4.49. The molecule has 2 N–H and O–H groups in total. The first-order valence-electron chi connectivity index (χ1n) is 6.75. The Kier molecular flexibility index (Phi) is 3.37. The lowest BCUT2D eigenvalue weighted by Gasteiger charge is -2.15. The lowest BCUT2D eigenvalue weighted by Crippen LogP contribution is -2.32. The molecule has 0 unspecified atom stereocenters. The summed E-state index contributed by atoms with van der Waals surface area (Å²) in [7, 11) is 0. The van der Waals surface area contributed by atoms with E-state index in [1.807, 2.05) is 13.0 Å². The Morgan fingerprint density at radius 1 is 1.36 bits per heavy atom. The maximum atomic E-state index is 12.7. The summed E-state index contributed by atoms with van der Waals surface area (Å²) in [4.78, 5) is 37.9. The first-order valence-corrected chi connectivity index (χ1v) is 7.56. The van der Waals surface area contributed by atoms with Crippen LogP contribution in [-0.4, -0.2) is 22.9 Å². The second kappa shape index (κ2) is 5.10. The molecule has 0 saturated carbocycles. The lowest BCUT2D eigenvalue weighted by atomic mass is 10.0. The fourth-order valence-electron chi connectivity index (χ4n) is 2.69. The number of imide groups is 1. The van der Waals surface area contributed by atoms with Crippen LogP contribution in [0.2, 0.25) is 0 Å². The van der Waals surface area contributed by atoms with Crippen molar-refractivity contribution in [1.29, 1.82) is 5.41 Å². The van der Waals surface area contributed by atoms with Gasteiger partial charge in [-0.2, -0.15) is 0 Å². The van der Waals surface area contributed by atoms with Crippen molar-refractivity contribution >= 4 is 45.9 Å². The van der Waals surface area contributed by atoms with Crippen LogP contribution in [0.3, 0.4) is 0 Å². The molecule has 1 saturated heterocycles. The van der Waals surface area contributed by atoms with Crippen LogP contribution < -0.4 is 10.2 Å². The molecule has 1 fully saturated rings. The van der Waals surface area contributed by atoms with Gasteiger partial charge in [0.15, 0.2) is 5.17 Å². The molecular formula is C15H13N3O3S. The minimum absolute atomic E-state index is 0.0187. The number of thioether (sulfide) groups is 1. The second-order valence-electron chi connectivity index (χ2n) is 4.92. The molecule has 3 rings (SSSR count). The monoisotopic (exact) mass is 315 g/mol. The Labute approximate surface area is 131 Å². The highest BCUT2D eigenvalue weighted by molar-refractivity contribution is 8.18. The number of amides is 3. The summed E-state index contributed by atoms with van der Waals surface area (Å²) in [6.07, 6.45) is 0.665. The predicted molar refractivity (Wildman–Crippen MR) is 84.4 cm³/mol. The summed E-state index contributed by atoms with van der Waals surface area (Å²) in [5, 5.41) is 9.88. The molecule has 0 spiro atoms. The van der Waals surface area contributed by atoms with Crippen molar-refractivity contribution in [3.63, 3.8) is 0 Å². The molecule has 2 aliphatic heterocycles. The quantitative estimate of drug-likeness (QED) is 0.771. The van der Waals surface area contributed by atoms with Gasteiger partial charge in [0.1, 0.15) is 0 Å². The number of nitrogens with one attached hydrogen (secondary N) is 2. The van der Waals surface area contributed by atoms with E-state index in [1.165, 1.54) is 6.92 Å². The summed E-state index contributed by atoms with van der Waals surface area (Å²) >= 11 is 0.909. The number of carbonyl (C=O) groups excluding carboxylic acids is 3. The Morgan fingerprint density at radius 2 is 2.09 bits per heavy atom. The van der Waals surface area contributed by atoms with Crippen molar-refractivity contribution in [1.82, 2.24) is 5.32 Å². The van der Waals surface area contributed by atoms with Crippen LogP contribution in [0.5, 0.6) is 0 Å². The summed E-state index contributed by atoms with van der Waals surface area (Å²) < 4.78 is 0. The van der Waals surface area contributed by atoms with E-state index in [-0.39, 0.29) is 21.6 Å². The molecular weight excluding hydrogens is 302 g/mol. The van der Waals surface area contributed by atoms with Crippen LogP contribution in [0.25, 0.3) is 5.57 Å². The molecule has 3 amide bonds. The van der Waals surface area contributed by atoms with E-state index < -0.39 is 11.8 Å². The highest BCUT2D eigenvalue weighted by atomic mass is 32.2. The average Bonchev–Trinajstić information content (AvgIpc) is 2.94. The fraction of sp³-hybridized carbons (Fsp3) is 0.200. The molecule has 0 bridgehead atoms. The average molecular weight is 315 g/mol. The lowest BCUT2D eigenvalue weighted by molar-refractivity contribution is -0.122. The Hall–Kier alpha value is -2.41. The molecule has 0 aliphatic carbocycles. The van der Waals surface area contributed by atoms with Crippen LogP contribution in [0.15, 0.2) is 23.1 Å². The zero-order valence-corrected chi connectivity index (χ0v) is 12.8. The number of rotatable bonds is 1. The normalized spacial score (nSPS) is 20.5. The zero-order valence-electron chi connectivity index (χ0n) is 12.0. The van der Waals surface area contributed by atoms with E-state index in [2.05, 4.69) is 5.32 Å². The summed E-state index contributed by atoms with van der Waals surface area (Å²) in [6, 6.07) is 5.39. The van der Waals surface area contributed by atoms with Crippen LogP contribution in [0.4, 0.5) is 5.69 Å². The highest BCUT2D eigenvalue weighted by Crippen LogP contribution is 2.44. The molecule has 2 heterocycles. The van der Waals surface area contributed by atoms with E-state index >= 15 is 0 Å². The number of benzene rings is 1. The third kappa shape index (κ3) is 1.97. The Morgan fingerprint density at radius 3 is 2.64 bits per heavy atom. The van der Waals surface area contributed by atoms with E-state index in [9.17, 15) is 14.4 Å². The van der Waals surface area contributed by atoms with Gasteiger partial charge in [-0.3, -0.25) is 19.8 Å². The standard InChI is InChI=1S/C15H13N3O3S/c1-3-8-5-4-6-9-10(12-13(20)17-15(16)22-12)14(21)18(7(2)19)11(8)9/h4-6H,3H2,1-2H3,(H2,16,17,20). The van der Waals surface area contributed by atoms with Gasteiger partial charge in [0.2, 0.25) is 5.91 Å². The minimum Gasteiger partial charge on any atom is -0.301 e. The predicted octanol–water partition coefficient (Wildman–Crippen LogP) is 1.65. The molecule has 7 heteroatoms. The number of fused-ring (bicyclic) bond motifs is 1. The molecule has 112 valence electrons. The van der Waals surface area contributed by atoms with E-state index in [1.54, 1.807) is 12.1 Å². The van der Waals surface area contributed by atoms with Gasteiger partial charge in [-0.25, -0.2) is 4.90 Å². The largest absolute Gasteiger partial charge is 0.301 e. The Bertz CT molecular complexity index is 782. The van der Waals surface area contributed by atoms with Gasteiger partial charge >= 0.3 is 0 Å². The summed E-state index contributed by atoms with van der Waals surface area (Å²) in [5.41, 5.74) is 2.20. The molecule has 0 atom stereocenters. The summed E-state index contributed by atoms with van der Waals surface area (Å²) in [5.74, 6) is -1.37. The van der Waals surface area contributed by atoms with E-state index in [0.29, 0.717) is 17.7 Å². The molecule has 1 aromatic carbocycles. The number of para-hydroxylation sites is 1. The van der Waals surface area contributed by atoms with Crippen molar-refractivity contribution in [3.8, 4) is 0 Å². The van der Waals surface area contributed by atoms with Crippen LogP contribution in [-0.2, 0) is 20.8 Å². The number of hydrogen-bond donors (Lipinski definition) is 2. The van der Waals surface area contributed by atoms with Gasteiger partial charge in [-0.05, 0) is 23.7 Å². The number of aryl methyl sites for hydroxylation is 1. The van der Waals surface area contributed by atoms with Gasteiger partial charge in [0.25, 0.3) is 11.8 Å². The number of carbonyl (C=O) groups is 3. The second-order valence-corrected chi connectivity index (χ2v) is 5.94. The number of amidine groups is 1. The zero-order chi connectivity index (χ0) is 16.0. The van der Waals surface area contributed by atoms with Crippen LogP contribution in [0, 0.1) is 5.41 Å². The summed E-state index contributed by atoms with van der Waals surface area (Å²) in [6.45, 7) is 3.27. The minimum atomic E-state index is -0.504. The molecule has 0 aromatic heterocycles. The van der Waals surface area contributed by atoms with Crippen molar-refractivity contribution in [2.24, 2.45) is 0 Å². The van der Waals surface area contributed by atoms with Gasteiger partial charge in [-0.15, -0.1) is 0 Å². The molecule has 0 radical (unpaired) electrons. The highest BCUT2D eigenvalue weighted by Gasteiger charge is 2.41. The van der Waals surface area contributed by atoms with Crippen molar-refractivity contribution in [2.45, 2.75) is 20.3 Å². The first kappa shape index (κ1) is 14.5. The molecule has 6 nitrogen and oxygen atoms in total. The van der Waals surface area contributed by atoms with Crippen molar-refractivity contribution in [2.75, 3.05) is 4.90 Å². The smallest absolute Gasteiger partial charge is 0.267 e. The number of hydrogen-bond acceptors (Lipinski definition) is 5. The third-order valence-electron chi connectivity index (χ3n) is 3.59. The van der Waals surface area contributed by atoms with E-state index in [0.717, 1.165) is 22.2 Å². The fourth-order valence-corrected chi connectivity index (χ4v) is 3.48. The van der Waals surface area contributed by atoms with Gasteiger partial charge < -0.3 is 5.32 Å². The van der Waals surface area contributed by atoms with Crippen molar-refractivity contribution in [3.05, 3.63) is 34.2 Å². The number of anilines is 1. The maximum Gasteiger partial charge on any atom is 0.267 e. The SMILES string of the molecule is CCc1cccc2c1N(C(C)=O)C(=O)C2=C1SC(=N)NC1=O. The topological polar surface area (TPSA) is 90.3 Å². The maximum absolute atomic E-state index is 12.7. The van der Waals surface area contributed by atoms with Crippen LogP contribution in [0.1, 0.15) is 25.0 Å².